The van der Waals surface area contributed by atoms with Gasteiger partial charge in [-0.2, -0.15) is 0 Å². The summed E-state index contributed by atoms with van der Waals surface area (Å²) in [5, 5.41) is 0. The summed E-state index contributed by atoms with van der Waals surface area (Å²) < 4.78 is 31.8. The van der Waals surface area contributed by atoms with Crippen LogP contribution in [0.1, 0.15) is 0 Å². The minimum atomic E-state index is -5.12. The van der Waals surface area contributed by atoms with Gasteiger partial charge in [0, 0.05) is 0 Å². The Kier molecular flexibility index (Phi) is 11.2. The predicted octanol–water partition coefficient (Wildman–Crippen LogP) is -3.45. The molecule has 0 radical (unpaired) electrons. The van der Waals surface area contributed by atoms with Crippen molar-refractivity contribution in [1.29, 1.82) is 0 Å². The Morgan fingerprint density at radius 3 is 1.14 bits per heavy atom. The molecule has 0 aromatic heterocycles. The zero-order valence-corrected chi connectivity index (χ0v) is 3.27. The molecule has 0 saturated carbocycles. The Hall–Kier alpha value is 0.854. The third-order valence-corrected chi connectivity index (χ3v) is 0. The fourth-order valence-electron chi connectivity index (χ4n) is 0. The van der Waals surface area contributed by atoms with Crippen LogP contribution in [0.3, 0.4) is 0 Å². The molecule has 0 atom stereocenters. The van der Waals surface area contributed by atoms with Gasteiger partial charge in [-0.25, -0.2) is 0 Å². The zero-order chi connectivity index (χ0) is 4.50. The van der Waals surface area contributed by atoms with Crippen molar-refractivity contribution >= 4 is 29.8 Å². The van der Waals surface area contributed by atoms with E-state index in [0.717, 1.165) is 0 Å². The van der Waals surface area contributed by atoms with Crippen LogP contribution in [0.5, 0.6) is 0 Å². The molecule has 0 bridgehead atoms. The van der Waals surface area contributed by atoms with Crippen molar-refractivity contribution < 1.29 is 29.4 Å². The zero-order valence-electron chi connectivity index (χ0n) is 2.09. The van der Waals surface area contributed by atoms with E-state index in [1.54, 1.807) is 0 Å². The molecule has 7 heteroatoms. The maximum absolute atomic E-state index is 8.80. The maximum atomic E-state index is 8.80. The average Bonchev–Trinajstić information content (AvgIpc) is 0.722. The van der Waals surface area contributed by atoms with Crippen LogP contribution in [-0.2, 0) is 21.0 Å². The van der Waals surface area contributed by atoms with E-state index in [9.17, 15) is 0 Å². The quantitative estimate of drug-likeness (QED) is 0.362. The van der Waals surface area contributed by atoms with Crippen molar-refractivity contribution in [3.05, 3.63) is 0 Å². The SMILES string of the molecule is [LiH].[O]=[Mn](=[O])([OH])[OH].[SiH4]. The standard InChI is InChI=1S/Li.Mn.2H2O.2O.H4Si.H/h;;2*1H2;;;1H4;/q;+2;;;;;;/p-2. The van der Waals surface area contributed by atoms with E-state index >= 15 is 0 Å². The molecule has 0 amide bonds. The van der Waals surface area contributed by atoms with Gasteiger partial charge in [0.05, 0.1) is 0 Å². The minimum Gasteiger partial charge on any atom is -0.0149 e. The summed E-state index contributed by atoms with van der Waals surface area (Å²) in [4.78, 5) is 0. The first-order valence-electron chi connectivity index (χ1n) is 0.647. The van der Waals surface area contributed by atoms with Crippen LogP contribution < -0.4 is 0 Å². The smallest absolute Gasteiger partial charge is 0.0149 e. The second-order valence-corrected chi connectivity index (χ2v) is 1.71. The van der Waals surface area contributed by atoms with Gasteiger partial charge in [-0.15, -0.1) is 0 Å². The van der Waals surface area contributed by atoms with E-state index in [0.29, 0.717) is 0 Å². The molecule has 0 rings (SSSR count). The second kappa shape index (κ2) is 5.00. The summed E-state index contributed by atoms with van der Waals surface area (Å²) >= 11 is -5.12. The molecule has 4 nitrogen and oxygen atoms in total. The van der Waals surface area contributed by atoms with Crippen molar-refractivity contribution in [2.45, 2.75) is 0 Å². The first kappa shape index (κ1) is 15.7. The first-order chi connectivity index (χ1) is 2.00. The molecule has 2 N–H and O–H groups in total. The summed E-state index contributed by atoms with van der Waals surface area (Å²) in [6.07, 6.45) is 0. The number of hydrogen-bond acceptors (Lipinski definition) is 2. The molecule has 0 heterocycles. The molecule has 43 valence electrons. The van der Waals surface area contributed by atoms with E-state index in [1.165, 1.54) is 0 Å². The van der Waals surface area contributed by atoms with Gasteiger partial charge in [0.1, 0.15) is 0 Å². The fourth-order valence-corrected chi connectivity index (χ4v) is 0. The van der Waals surface area contributed by atoms with E-state index in [1.807, 2.05) is 0 Å². The molecule has 0 unspecified atom stereocenters. The van der Waals surface area contributed by atoms with Crippen LogP contribution in [-0.4, -0.2) is 38.2 Å². The predicted molar refractivity (Wildman–Crippen MR) is 24.3 cm³/mol. The Bertz CT molecular complexity index is 94.9. The topological polar surface area (TPSA) is 74.6 Å². The Labute approximate surface area is 59.4 Å². The van der Waals surface area contributed by atoms with Gasteiger partial charge >= 0.3 is 48.3 Å². The van der Waals surface area contributed by atoms with Crippen LogP contribution in [0.15, 0.2) is 0 Å². The van der Waals surface area contributed by atoms with Crippen molar-refractivity contribution in [3.63, 3.8) is 0 Å². The molecule has 0 aliphatic carbocycles. The summed E-state index contributed by atoms with van der Waals surface area (Å²) in [5.74, 6) is 0. The molecule has 0 fully saturated rings. The first-order valence-corrected chi connectivity index (χ1v) is 2.67. The average molecular weight is 161 g/mol. The molecular weight excluding hydrogens is 154 g/mol. The Balaban J connectivity index is -0.0000000800. The second-order valence-electron chi connectivity index (χ2n) is 0.415. The van der Waals surface area contributed by atoms with Crippen LogP contribution in [0.25, 0.3) is 0 Å². The number of rotatable bonds is 0. The van der Waals surface area contributed by atoms with Crippen molar-refractivity contribution in [2.75, 3.05) is 0 Å². The third kappa shape index (κ3) is 222. The van der Waals surface area contributed by atoms with Crippen molar-refractivity contribution in [3.8, 4) is 0 Å². The summed E-state index contributed by atoms with van der Waals surface area (Å²) in [6, 6.07) is 0. The van der Waals surface area contributed by atoms with Crippen LogP contribution in [0.2, 0.25) is 0 Å². The minimum absolute atomic E-state index is 0. The molecule has 0 saturated heterocycles. The molecule has 0 aliphatic heterocycles. The van der Waals surface area contributed by atoms with Gasteiger partial charge in [0.15, 0.2) is 0 Å². The largest absolute Gasteiger partial charge is 0.0149 e. The Morgan fingerprint density at radius 1 is 1.14 bits per heavy atom. The fraction of sp³-hybridized carbons (Fsp3) is 0. The molecule has 0 aromatic carbocycles. The van der Waals surface area contributed by atoms with Gasteiger partial charge in [-0.1, -0.05) is 0 Å². The van der Waals surface area contributed by atoms with Crippen LogP contribution in [0, 0.1) is 0 Å². The normalized spacial score (nSPS) is 8.29. The molecule has 0 aromatic rings. The molecule has 0 aliphatic rings. The Morgan fingerprint density at radius 2 is 1.14 bits per heavy atom. The van der Waals surface area contributed by atoms with Crippen LogP contribution >= 0.6 is 0 Å². The van der Waals surface area contributed by atoms with Crippen LogP contribution in [0.4, 0.5) is 0 Å². The summed E-state index contributed by atoms with van der Waals surface area (Å²) in [5.41, 5.74) is 0. The number of hydrogen-bond donors (Lipinski definition) is 2. The summed E-state index contributed by atoms with van der Waals surface area (Å²) in [6.45, 7) is 0. The van der Waals surface area contributed by atoms with E-state index < -0.39 is 13.4 Å². The van der Waals surface area contributed by atoms with E-state index in [2.05, 4.69) is 0 Å². The molecular formula is H7LiMnO4Si. The third-order valence-electron chi connectivity index (χ3n) is 0. The maximum Gasteiger partial charge on any atom is -0.0149 e. The molecule has 7 heavy (non-hydrogen) atoms. The van der Waals surface area contributed by atoms with Gasteiger partial charge in [-0.3, -0.25) is 0 Å². The molecule has 0 spiro atoms. The van der Waals surface area contributed by atoms with Gasteiger partial charge in [0.2, 0.25) is 0 Å². The van der Waals surface area contributed by atoms with Gasteiger partial charge in [-0.05, 0) is 11.0 Å². The van der Waals surface area contributed by atoms with E-state index in [-0.39, 0.29) is 29.8 Å². The van der Waals surface area contributed by atoms with Crippen molar-refractivity contribution in [2.24, 2.45) is 0 Å². The van der Waals surface area contributed by atoms with Crippen molar-refractivity contribution in [1.82, 2.24) is 0 Å². The monoisotopic (exact) mass is 161 g/mol. The van der Waals surface area contributed by atoms with Gasteiger partial charge in [0.25, 0.3) is 0 Å². The van der Waals surface area contributed by atoms with Gasteiger partial charge < -0.3 is 0 Å². The van der Waals surface area contributed by atoms with E-state index in [4.69, 9.17) is 16.0 Å². The summed E-state index contributed by atoms with van der Waals surface area (Å²) in [7, 11) is 0.